The van der Waals surface area contributed by atoms with E-state index >= 15 is 0 Å². The summed E-state index contributed by atoms with van der Waals surface area (Å²) in [5.74, 6) is -0.253. The van der Waals surface area contributed by atoms with Gasteiger partial charge in [0.05, 0.1) is 13.7 Å². The first kappa shape index (κ1) is 18.7. The van der Waals surface area contributed by atoms with E-state index in [1.165, 1.54) is 12.7 Å². The molecule has 0 fully saturated rings. The lowest BCUT2D eigenvalue weighted by atomic mass is 10.0. The van der Waals surface area contributed by atoms with Gasteiger partial charge in [0.1, 0.15) is 0 Å². The second-order valence-corrected chi connectivity index (χ2v) is 4.90. The summed E-state index contributed by atoms with van der Waals surface area (Å²) in [6, 6.07) is 0. The number of esters is 2. The van der Waals surface area contributed by atoms with Crippen molar-refractivity contribution in [3.8, 4) is 0 Å². The molecule has 0 aliphatic rings. The standard InChI is InChI=1S/C16H28O4/c1-4-20-16(18)12-8-6-5-7-10-14(2)11-9-13-15(17)19-3/h2,4-13H2,1,3H3. The van der Waals surface area contributed by atoms with Crippen molar-refractivity contribution in [1.82, 2.24) is 0 Å². The van der Waals surface area contributed by atoms with E-state index in [1.54, 1.807) is 0 Å². The Morgan fingerprint density at radius 2 is 1.40 bits per heavy atom. The molecule has 0 spiro atoms. The maximum atomic E-state index is 11.1. The molecule has 4 nitrogen and oxygen atoms in total. The average Bonchev–Trinajstić information content (AvgIpc) is 2.42. The molecule has 0 atom stereocenters. The van der Waals surface area contributed by atoms with Crippen LogP contribution < -0.4 is 0 Å². The molecule has 0 heterocycles. The average molecular weight is 284 g/mol. The van der Waals surface area contributed by atoms with Crippen molar-refractivity contribution >= 4 is 11.9 Å². The van der Waals surface area contributed by atoms with Gasteiger partial charge < -0.3 is 9.47 Å². The van der Waals surface area contributed by atoms with E-state index < -0.39 is 0 Å². The summed E-state index contributed by atoms with van der Waals surface area (Å²) < 4.78 is 9.46. The molecule has 0 aliphatic heterocycles. The number of ether oxygens (including phenoxy) is 2. The summed E-state index contributed by atoms with van der Waals surface area (Å²) in [7, 11) is 1.41. The van der Waals surface area contributed by atoms with Gasteiger partial charge >= 0.3 is 11.9 Å². The van der Waals surface area contributed by atoms with Gasteiger partial charge in [0.15, 0.2) is 0 Å². The second-order valence-electron chi connectivity index (χ2n) is 4.90. The number of hydrogen-bond acceptors (Lipinski definition) is 4. The fraction of sp³-hybridized carbons (Fsp3) is 0.750. The van der Waals surface area contributed by atoms with Gasteiger partial charge in [0, 0.05) is 12.8 Å². The van der Waals surface area contributed by atoms with Gasteiger partial charge in [-0.2, -0.15) is 0 Å². The summed E-state index contributed by atoms with van der Waals surface area (Å²) in [6.45, 7) is 6.31. The highest BCUT2D eigenvalue weighted by atomic mass is 16.5. The molecule has 0 aromatic carbocycles. The maximum Gasteiger partial charge on any atom is 0.305 e. The van der Waals surface area contributed by atoms with E-state index in [9.17, 15) is 9.59 Å². The van der Waals surface area contributed by atoms with Crippen LogP contribution in [0, 0.1) is 0 Å². The molecule has 0 saturated carbocycles. The van der Waals surface area contributed by atoms with Gasteiger partial charge in [0.2, 0.25) is 0 Å². The zero-order valence-corrected chi connectivity index (χ0v) is 12.9. The Labute approximate surface area is 122 Å². The Bertz CT molecular complexity index is 297. The number of methoxy groups -OCH3 is 1. The third-order valence-corrected chi connectivity index (χ3v) is 3.11. The van der Waals surface area contributed by atoms with Gasteiger partial charge in [-0.15, -0.1) is 0 Å². The van der Waals surface area contributed by atoms with Gasteiger partial charge in [-0.3, -0.25) is 9.59 Å². The van der Waals surface area contributed by atoms with Gasteiger partial charge in [-0.25, -0.2) is 0 Å². The number of allylic oxidation sites excluding steroid dienone is 1. The quantitative estimate of drug-likeness (QED) is 0.311. The molecule has 20 heavy (non-hydrogen) atoms. The fourth-order valence-corrected chi connectivity index (χ4v) is 1.94. The summed E-state index contributed by atoms with van der Waals surface area (Å²) >= 11 is 0. The van der Waals surface area contributed by atoms with E-state index in [0.717, 1.165) is 44.9 Å². The van der Waals surface area contributed by atoms with Crippen LogP contribution in [0.2, 0.25) is 0 Å². The topological polar surface area (TPSA) is 52.6 Å². The largest absolute Gasteiger partial charge is 0.469 e. The molecule has 0 rings (SSSR count). The van der Waals surface area contributed by atoms with Crippen LogP contribution in [0.3, 0.4) is 0 Å². The predicted octanol–water partition coefficient (Wildman–Crippen LogP) is 3.79. The number of carbonyl (C=O) groups is 2. The summed E-state index contributed by atoms with van der Waals surface area (Å²) in [4.78, 5) is 22.0. The fourth-order valence-electron chi connectivity index (χ4n) is 1.94. The van der Waals surface area contributed by atoms with E-state index in [0.29, 0.717) is 19.4 Å². The van der Waals surface area contributed by atoms with Crippen LogP contribution in [0.15, 0.2) is 12.2 Å². The van der Waals surface area contributed by atoms with Gasteiger partial charge in [0.25, 0.3) is 0 Å². The number of carbonyl (C=O) groups excluding carboxylic acids is 2. The Balaban J connectivity index is 3.35. The van der Waals surface area contributed by atoms with Gasteiger partial charge in [-0.1, -0.05) is 25.0 Å². The molecule has 0 saturated heterocycles. The highest BCUT2D eigenvalue weighted by molar-refractivity contribution is 5.69. The molecule has 0 bridgehead atoms. The smallest absolute Gasteiger partial charge is 0.305 e. The lowest BCUT2D eigenvalue weighted by Gasteiger charge is -2.05. The Morgan fingerprint density at radius 3 is 2.00 bits per heavy atom. The Morgan fingerprint density at radius 1 is 0.850 bits per heavy atom. The van der Waals surface area contributed by atoms with Crippen molar-refractivity contribution in [3.63, 3.8) is 0 Å². The van der Waals surface area contributed by atoms with Crippen molar-refractivity contribution in [1.29, 1.82) is 0 Å². The first-order valence-corrected chi connectivity index (χ1v) is 7.49. The zero-order valence-electron chi connectivity index (χ0n) is 12.9. The third kappa shape index (κ3) is 11.8. The third-order valence-electron chi connectivity index (χ3n) is 3.11. The van der Waals surface area contributed by atoms with Crippen LogP contribution in [-0.4, -0.2) is 25.7 Å². The molecule has 0 unspecified atom stereocenters. The molecule has 116 valence electrons. The van der Waals surface area contributed by atoms with Crippen LogP contribution in [-0.2, 0) is 19.1 Å². The van der Waals surface area contributed by atoms with Crippen LogP contribution in [0.25, 0.3) is 0 Å². The lowest BCUT2D eigenvalue weighted by Crippen LogP contribution is -2.03. The van der Waals surface area contributed by atoms with Crippen molar-refractivity contribution in [2.45, 2.75) is 64.7 Å². The first-order chi connectivity index (χ1) is 9.60. The normalized spacial score (nSPS) is 10.1. The maximum absolute atomic E-state index is 11.1. The minimum atomic E-state index is -0.156. The molecular formula is C16H28O4. The zero-order chi connectivity index (χ0) is 15.2. The summed E-state index contributed by atoms with van der Waals surface area (Å²) in [5.41, 5.74) is 1.19. The molecule has 0 radical (unpaired) electrons. The number of unbranched alkanes of at least 4 members (excludes halogenated alkanes) is 3. The minimum absolute atomic E-state index is 0.0975. The van der Waals surface area contributed by atoms with Crippen molar-refractivity contribution < 1.29 is 19.1 Å². The molecule has 4 heteroatoms. The van der Waals surface area contributed by atoms with E-state index in [-0.39, 0.29) is 11.9 Å². The Hall–Kier alpha value is -1.32. The van der Waals surface area contributed by atoms with Crippen molar-refractivity contribution in [3.05, 3.63) is 12.2 Å². The van der Waals surface area contributed by atoms with Crippen LogP contribution in [0.5, 0.6) is 0 Å². The highest BCUT2D eigenvalue weighted by Gasteiger charge is 2.03. The van der Waals surface area contributed by atoms with E-state index in [1.807, 2.05) is 6.92 Å². The molecule has 0 aromatic heterocycles. The molecular weight excluding hydrogens is 256 g/mol. The van der Waals surface area contributed by atoms with Crippen molar-refractivity contribution in [2.75, 3.05) is 13.7 Å². The summed E-state index contributed by atoms with van der Waals surface area (Å²) in [6.07, 6.45) is 7.84. The first-order valence-electron chi connectivity index (χ1n) is 7.49. The highest BCUT2D eigenvalue weighted by Crippen LogP contribution is 2.15. The Kier molecular flexibility index (Phi) is 11.9. The molecule has 0 amide bonds. The minimum Gasteiger partial charge on any atom is -0.469 e. The van der Waals surface area contributed by atoms with Gasteiger partial charge in [-0.05, 0) is 39.0 Å². The molecule has 0 N–H and O–H groups in total. The number of rotatable bonds is 12. The van der Waals surface area contributed by atoms with Crippen LogP contribution in [0.4, 0.5) is 0 Å². The second kappa shape index (κ2) is 12.7. The van der Waals surface area contributed by atoms with Crippen molar-refractivity contribution in [2.24, 2.45) is 0 Å². The molecule has 0 aliphatic carbocycles. The number of hydrogen-bond donors (Lipinski definition) is 0. The SMILES string of the molecule is C=C(CCCCCCC(=O)OCC)CCCC(=O)OC. The monoisotopic (exact) mass is 284 g/mol. The van der Waals surface area contributed by atoms with Crippen LogP contribution >= 0.6 is 0 Å². The predicted molar refractivity (Wildman–Crippen MR) is 79.3 cm³/mol. The lowest BCUT2D eigenvalue weighted by molar-refractivity contribution is -0.143. The molecule has 0 aromatic rings. The van der Waals surface area contributed by atoms with Crippen LogP contribution in [0.1, 0.15) is 64.7 Å². The van der Waals surface area contributed by atoms with E-state index in [2.05, 4.69) is 11.3 Å². The van der Waals surface area contributed by atoms with E-state index in [4.69, 9.17) is 4.74 Å². The summed E-state index contributed by atoms with van der Waals surface area (Å²) in [5, 5.41) is 0.